The number of anilines is 2. The molecule has 1 amide bonds. The summed E-state index contributed by atoms with van der Waals surface area (Å²) in [5.74, 6) is -0.144. The third kappa shape index (κ3) is 4.92. The lowest BCUT2D eigenvalue weighted by molar-refractivity contribution is -0.144. The first-order valence-electron chi connectivity index (χ1n) is 11.5. The normalized spacial score (nSPS) is 17.4. The second-order valence-electron chi connectivity index (χ2n) is 8.27. The minimum Gasteiger partial charge on any atom is -0.465 e. The van der Waals surface area contributed by atoms with Crippen LogP contribution in [0.2, 0.25) is 0 Å². The number of amides is 1. The van der Waals surface area contributed by atoms with Gasteiger partial charge in [-0.1, -0.05) is 37.3 Å². The standard InChI is InChI=1S/C26H30N4O3/c1-4-25(31)30-18(3)14-23(22-8-6-7-9-24(22)30)28-21-12-10-19(11-13-21)20-15-27-29(16-20)17-26(32)33-5-2/h6-13,15-16,18,23,28H,4-5,14,17H2,1-3H3/t18-,23+/m0/s1. The van der Waals surface area contributed by atoms with Crippen molar-refractivity contribution >= 4 is 23.3 Å². The van der Waals surface area contributed by atoms with Gasteiger partial charge in [0.15, 0.2) is 0 Å². The number of benzene rings is 2. The highest BCUT2D eigenvalue weighted by molar-refractivity contribution is 5.95. The Bertz CT molecular complexity index is 1120. The number of fused-ring (bicyclic) bond motifs is 1. The summed E-state index contributed by atoms with van der Waals surface area (Å²) >= 11 is 0. The summed E-state index contributed by atoms with van der Waals surface area (Å²) in [4.78, 5) is 26.1. The van der Waals surface area contributed by atoms with E-state index < -0.39 is 0 Å². The van der Waals surface area contributed by atoms with Gasteiger partial charge in [-0.25, -0.2) is 0 Å². The number of carbonyl (C=O) groups excluding carboxylic acids is 2. The third-order valence-electron chi connectivity index (χ3n) is 5.95. The number of esters is 1. The van der Waals surface area contributed by atoms with Crippen LogP contribution in [0.1, 0.15) is 45.2 Å². The summed E-state index contributed by atoms with van der Waals surface area (Å²) in [6, 6.07) is 16.6. The quantitative estimate of drug-likeness (QED) is 0.528. The van der Waals surface area contributed by atoms with Crippen LogP contribution in [-0.2, 0) is 20.9 Å². The Balaban J connectivity index is 1.49. The van der Waals surface area contributed by atoms with E-state index in [0.717, 1.165) is 34.5 Å². The topological polar surface area (TPSA) is 76.5 Å². The third-order valence-corrected chi connectivity index (χ3v) is 5.95. The predicted molar refractivity (Wildman–Crippen MR) is 129 cm³/mol. The molecule has 1 aliphatic heterocycles. The first-order valence-corrected chi connectivity index (χ1v) is 11.5. The predicted octanol–water partition coefficient (Wildman–Crippen LogP) is 4.80. The van der Waals surface area contributed by atoms with Crippen LogP contribution in [-0.4, -0.2) is 34.3 Å². The fourth-order valence-corrected chi connectivity index (χ4v) is 4.40. The number of nitrogens with zero attached hydrogens (tertiary/aromatic N) is 3. The average molecular weight is 447 g/mol. The van der Waals surface area contributed by atoms with E-state index in [1.54, 1.807) is 17.8 Å². The molecule has 3 aromatic rings. The van der Waals surface area contributed by atoms with Gasteiger partial charge in [0.25, 0.3) is 0 Å². The number of rotatable bonds is 7. The fraction of sp³-hybridized carbons (Fsp3) is 0.346. The van der Waals surface area contributed by atoms with Crippen LogP contribution >= 0.6 is 0 Å². The molecule has 0 aliphatic carbocycles. The largest absolute Gasteiger partial charge is 0.465 e. The molecule has 0 saturated carbocycles. The summed E-state index contributed by atoms with van der Waals surface area (Å²) in [5, 5.41) is 7.91. The molecule has 0 spiro atoms. The molecule has 1 N–H and O–H groups in total. The van der Waals surface area contributed by atoms with Crippen LogP contribution in [0.5, 0.6) is 0 Å². The summed E-state index contributed by atoms with van der Waals surface area (Å²) < 4.78 is 6.56. The Hall–Kier alpha value is -3.61. The first kappa shape index (κ1) is 22.6. The van der Waals surface area contributed by atoms with Gasteiger partial charge in [-0.15, -0.1) is 0 Å². The van der Waals surface area contributed by atoms with Crippen molar-refractivity contribution in [2.45, 2.75) is 52.2 Å². The highest BCUT2D eigenvalue weighted by atomic mass is 16.5. The van der Waals surface area contributed by atoms with Crippen molar-refractivity contribution < 1.29 is 14.3 Å². The molecule has 172 valence electrons. The van der Waals surface area contributed by atoms with Crippen LogP contribution in [0.4, 0.5) is 11.4 Å². The van der Waals surface area contributed by atoms with Gasteiger partial charge in [0.05, 0.1) is 18.8 Å². The fourth-order valence-electron chi connectivity index (χ4n) is 4.40. The zero-order valence-corrected chi connectivity index (χ0v) is 19.3. The van der Waals surface area contributed by atoms with Gasteiger partial charge in [0, 0.05) is 35.6 Å². The van der Waals surface area contributed by atoms with Crippen LogP contribution in [0, 0.1) is 0 Å². The molecule has 0 bridgehead atoms. The maximum absolute atomic E-state index is 12.5. The number of hydrogen-bond acceptors (Lipinski definition) is 5. The lowest BCUT2D eigenvalue weighted by atomic mass is 9.91. The molecule has 33 heavy (non-hydrogen) atoms. The average Bonchev–Trinajstić information content (AvgIpc) is 3.27. The molecule has 7 heteroatoms. The summed E-state index contributed by atoms with van der Waals surface area (Å²) in [5.41, 5.74) is 5.11. The summed E-state index contributed by atoms with van der Waals surface area (Å²) in [6.07, 6.45) is 4.93. The van der Waals surface area contributed by atoms with Crippen molar-refractivity contribution in [3.05, 3.63) is 66.5 Å². The molecule has 7 nitrogen and oxygen atoms in total. The number of hydrogen-bond donors (Lipinski definition) is 1. The lowest BCUT2D eigenvalue weighted by Crippen LogP contribution is -2.44. The number of carbonyl (C=O) groups is 2. The number of nitrogens with one attached hydrogen (secondary N) is 1. The summed E-state index contributed by atoms with van der Waals surface area (Å²) in [6.45, 7) is 6.26. The Morgan fingerprint density at radius 1 is 1.09 bits per heavy atom. The molecule has 1 aliphatic rings. The van der Waals surface area contributed by atoms with E-state index in [-0.39, 0.29) is 30.5 Å². The van der Waals surface area contributed by atoms with Gasteiger partial charge in [0.2, 0.25) is 5.91 Å². The first-order chi connectivity index (χ1) is 16.0. The zero-order valence-electron chi connectivity index (χ0n) is 19.3. The van der Waals surface area contributed by atoms with E-state index in [4.69, 9.17) is 4.74 Å². The zero-order chi connectivity index (χ0) is 23.4. The van der Waals surface area contributed by atoms with Crippen LogP contribution in [0.15, 0.2) is 60.9 Å². The van der Waals surface area contributed by atoms with Crippen molar-refractivity contribution in [3.63, 3.8) is 0 Å². The molecular weight excluding hydrogens is 416 g/mol. The Morgan fingerprint density at radius 2 is 1.85 bits per heavy atom. The minimum atomic E-state index is -0.298. The molecule has 2 heterocycles. The maximum atomic E-state index is 12.5. The molecule has 1 aromatic heterocycles. The highest BCUT2D eigenvalue weighted by Gasteiger charge is 2.32. The van der Waals surface area contributed by atoms with E-state index in [2.05, 4.69) is 35.5 Å². The van der Waals surface area contributed by atoms with E-state index in [0.29, 0.717) is 13.0 Å². The van der Waals surface area contributed by atoms with Crippen LogP contribution < -0.4 is 10.2 Å². The van der Waals surface area contributed by atoms with Crippen LogP contribution in [0.25, 0.3) is 11.1 Å². The number of ether oxygens (including phenoxy) is 1. The van der Waals surface area contributed by atoms with E-state index in [1.165, 1.54) is 0 Å². The molecule has 0 radical (unpaired) electrons. The van der Waals surface area contributed by atoms with Crippen molar-refractivity contribution in [1.29, 1.82) is 0 Å². The van der Waals surface area contributed by atoms with Gasteiger partial charge in [-0.2, -0.15) is 5.10 Å². The minimum absolute atomic E-state index is 0.101. The lowest BCUT2D eigenvalue weighted by Gasteiger charge is -2.40. The van der Waals surface area contributed by atoms with Gasteiger partial charge < -0.3 is 15.0 Å². The van der Waals surface area contributed by atoms with Crippen molar-refractivity contribution in [1.82, 2.24) is 9.78 Å². The van der Waals surface area contributed by atoms with Gasteiger partial charge >= 0.3 is 5.97 Å². The molecule has 0 unspecified atom stereocenters. The van der Waals surface area contributed by atoms with Gasteiger partial charge in [-0.05, 0) is 49.6 Å². The molecular formula is C26H30N4O3. The second-order valence-corrected chi connectivity index (χ2v) is 8.27. The highest BCUT2D eigenvalue weighted by Crippen LogP contribution is 2.39. The number of para-hydroxylation sites is 1. The SMILES string of the molecule is CCOC(=O)Cn1cc(-c2ccc(N[C@@H]3C[C@H](C)N(C(=O)CC)c4ccccc43)cc2)cn1. The van der Waals surface area contributed by atoms with Crippen molar-refractivity contribution in [2.75, 3.05) is 16.8 Å². The van der Waals surface area contributed by atoms with Gasteiger partial charge in [-0.3, -0.25) is 14.3 Å². The summed E-state index contributed by atoms with van der Waals surface area (Å²) in [7, 11) is 0. The molecule has 4 rings (SSSR count). The molecule has 2 atom stereocenters. The van der Waals surface area contributed by atoms with E-state index in [9.17, 15) is 9.59 Å². The second kappa shape index (κ2) is 9.90. The van der Waals surface area contributed by atoms with Gasteiger partial charge in [0.1, 0.15) is 6.54 Å². The monoisotopic (exact) mass is 446 g/mol. The Labute approximate surface area is 194 Å². The maximum Gasteiger partial charge on any atom is 0.327 e. The molecule has 2 aromatic carbocycles. The van der Waals surface area contributed by atoms with Crippen molar-refractivity contribution in [2.24, 2.45) is 0 Å². The molecule has 0 saturated heterocycles. The Kier molecular flexibility index (Phi) is 6.77. The van der Waals surface area contributed by atoms with Crippen LogP contribution in [0.3, 0.4) is 0 Å². The van der Waals surface area contributed by atoms with E-state index in [1.807, 2.05) is 48.4 Å². The molecule has 0 fully saturated rings. The van der Waals surface area contributed by atoms with Crippen molar-refractivity contribution in [3.8, 4) is 11.1 Å². The number of aromatic nitrogens is 2. The van der Waals surface area contributed by atoms with E-state index >= 15 is 0 Å². The Morgan fingerprint density at radius 3 is 2.58 bits per heavy atom. The smallest absolute Gasteiger partial charge is 0.327 e.